The molecule has 3 rings (SSSR count). The first-order valence-electron chi connectivity index (χ1n) is 8.70. The normalized spacial score (nSPS) is 15.6. The van der Waals surface area contributed by atoms with E-state index in [1.54, 1.807) is 0 Å². The van der Waals surface area contributed by atoms with E-state index in [1.165, 1.54) is 29.2 Å². The van der Waals surface area contributed by atoms with Gasteiger partial charge in [0.1, 0.15) is 4.90 Å². The third kappa shape index (κ3) is 4.43. The lowest BCUT2D eigenvalue weighted by Gasteiger charge is -2.34. The summed E-state index contributed by atoms with van der Waals surface area (Å²) >= 11 is 5.87. The van der Waals surface area contributed by atoms with Crippen LogP contribution in [0.25, 0.3) is 0 Å². The Kier molecular flexibility index (Phi) is 6.08. The van der Waals surface area contributed by atoms with Gasteiger partial charge in [-0.05, 0) is 42.5 Å². The zero-order chi connectivity index (χ0) is 22.1. The van der Waals surface area contributed by atoms with Crippen LogP contribution in [0.4, 0.5) is 13.2 Å². The van der Waals surface area contributed by atoms with Crippen molar-refractivity contribution >= 4 is 27.5 Å². The lowest BCUT2D eigenvalue weighted by molar-refractivity contribution is -0.137. The molecule has 11 heteroatoms. The summed E-state index contributed by atoms with van der Waals surface area (Å²) in [5.74, 6) is -0.325. The van der Waals surface area contributed by atoms with Gasteiger partial charge in [-0.25, -0.2) is 8.42 Å². The molecule has 1 aliphatic rings. The molecule has 1 amide bonds. The standard InChI is InChI=1S/C19H15ClF3N3O3S/c20-16-6-5-15(19(21,22)23)11-17(16)30(28,29)26-9-7-25(8-10-26)18(27)14-3-1-13(12-24)2-4-14/h1-6,11H,7-10H2. The third-order valence-electron chi connectivity index (χ3n) is 4.66. The number of piperazine rings is 1. The van der Waals surface area contributed by atoms with E-state index < -0.39 is 26.7 Å². The Balaban J connectivity index is 1.75. The summed E-state index contributed by atoms with van der Waals surface area (Å²) in [6, 6.07) is 10.1. The fraction of sp³-hybridized carbons (Fsp3) is 0.263. The second-order valence-corrected chi connectivity index (χ2v) is 8.84. The van der Waals surface area contributed by atoms with Gasteiger partial charge < -0.3 is 4.90 Å². The van der Waals surface area contributed by atoms with Gasteiger partial charge >= 0.3 is 6.18 Å². The summed E-state index contributed by atoms with van der Waals surface area (Å²) in [5, 5.41) is 8.51. The van der Waals surface area contributed by atoms with Crippen LogP contribution in [0.3, 0.4) is 0 Å². The fourth-order valence-corrected chi connectivity index (χ4v) is 4.94. The average Bonchev–Trinajstić information content (AvgIpc) is 2.72. The highest BCUT2D eigenvalue weighted by atomic mass is 35.5. The Labute approximate surface area is 176 Å². The second-order valence-electron chi connectivity index (χ2n) is 6.53. The predicted molar refractivity (Wildman–Crippen MR) is 102 cm³/mol. The molecule has 1 heterocycles. The molecule has 2 aromatic carbocycles. The molecule has 6 nitrogen and oxygen atoms in total. The summed E-state index contributed by atoms with van der Waals surface area (Å²) < 4.78 is 65.6. The number of halogens is 4. The second kappa shape index (κ2) is 8.26. The maximum absolute atomic E-state index is 13.0. The monoisotopic (exact) mass is 457 g/mol. The van der Waals surface area contributed by atoms with Crippen LogP contribution < -0.4 is 0 Å². The number of hydrogen-bond donors (Lipinski definition) is 0. The molecule has 0 atom stereocenters. The highest BCUT2D eigenvalue weighted by molar-refractivity contribution is 7.89. The number of hydrogen-bond acceptors (Lipinski definition) is 4. The fourth-order valence-electron chi connectivity index (χ4n) is 3.02. The van der Waals surface area contributed by atoms with Crippen LogP contribution in [0.1, 0.15) is 21.5 Å². The predicted octanol–water partition coefficient (Wildman–Crippen LogP) is 3.38. The molecule has 158 valence electrons. The summed E-state index contributed by atoms with van der Waals surface area (Å²) in [5.41, 5.74) is -0.355. The summed E-state index contributed by atoms with van der Waals surface area (Å²) in [6.45, 7) is -0.0445. The molecular weight excluding hydrogens is 443 g/mol. The van der Waals surface area contributed by atoms with Gasteiger partial charge in [0.15, 0.2) is 0 Å². The van der Waals surface area contributed by atoms with Crippen LogP contribution in [0, 0.1) is 11.3 Å². The molecule has 2 aromatic rings. The smallest absolute Gasteiger partial charge is 0.336 e. The molecule has 0 unspecified atom stereocenters. The molecule has 0 saturated carbocycles. The number of amides is 1. The van der Waals surface area contributed by atoms with Crippen molar-refractivity contribution in [1.29, 1.82) is 5.26 Å². The van der Waals surface area contributed by atoms with Crippen molar-refractivity contribution in [1.82, 2.24) is 9.21 Å². The molecule has 1 fully saturated rings. The Bertz CT molecular complexity index is 1100. The van der Waals surface area contributed by atoms with Crippen LogP contribution in [0.2, 0.25) is 5.02 Å². The van der Waals surface area contributed by atoms with Gasteiger partial charge in [0, 0.05) is 31.7 Å². The average molecular weight is 458 g/mol. The zero-order valence-corrected chi connectivity index (χ0v) is 16.9. The third-order valence-corrected chi connectivity index (χ3v) is 7.04. The number of nitrogens with zero attached hydrogens (tertiary/aromatic N) is 3. The van der Waals surface area contributed by atoms with Crippen molar-refractivity contribution in [2.75, 3.05) is 26.2 Å². The van der Waals surface area contributed by atoms with Crippen molar-refractivity contribution in [3.05, 3.63) is 64.2 Å². The van der Waals surface area contributed by atoms with Crippen molar-refractivity contribution in [3.8, 4) is 6.07 Å². The molecule has 0 N–H and O–H groups in total. The Hall–Kier alpha value is -2.61. The lowest BCUT2D eigenvalue weighted by Crippen LogP contribution is -2.50. The van der Waals surface area contributed by atoms with E-state index in [2.05, 4.69) is 0 Å². The zero-order valence-electron chi connectivity index (χ0n) is 15.4. The van der Waals surface area contributed by atoms with Crippen LogP contribution >= 0.6 is 11.6 Å². The molecule has 30 heavy (non-hydrogen) atoms. The number of benzene rings is 2. The minimum Gasteiger partial charge on any atom is -0.336 e. The van der Waals surface area contributed by atoms with Crippen molar-refractivity contribution in [2.24, 2.45) is 0 Å². The van der Waals surface area contributed by atoms with E-state index in [0.29, 0.717) is 17.2 Å². The summed E-state index contributed by atoms with van der Waals surface area (Å²) in [6.07, 6.45) is -4.71. The largest absolute Gasteiger partial charge is 0.416 e. The number of sulfonamides is 1. The Morgan fingerprint density at radius 2 is 1.63 bits per heavy atom. The van der Waals surface area contributed by atoms with Gasteiger partial charge in [-0.1, -0.05) is 11.6 Å². The first kappa shape index (κ1) is 22.1. The molecular formula is C19H15ClF3N3O3S. The van der Waals surface area contributed by atoms with Gasteiger partial charge in [-0.2, -0.15) is 22.7 Å². The first-order chi connectivity index (χ1) is 14.0. The van der Waals surface area contributed by atoms with Crippen molar-refractivity contribution in [2.45, 2.75) is 11.1 Å². The van der Waals surface area contributed by atoms with Crippen molar-refractivity contribution in [3.63, 3.8) is 0 Å². The van der Waals surface area contributed by atoms with Crippen molar-refractivity contribution < 1.29 is 26.4 Å². The Morgan fingerprint density at radius 1 is 1.03 bits per heavy atom. The van der Waals surface area contributed by atoms with Crippen LogP contribution in [0.5, 0.6) is 0 Å². The van der Waals surface area contributed by atoms with Gasteiger partial charge in [-0.3, -0.25) is 4.79 Å². The van der Waals surface area contributed by atoms with Gasteiger partial charge in [-0.15, -0.1) is 0 Å². The maximum Gasteiger partial charge on any atom is 0.416 e. The number of nitriles is 1. The molecule has 0 aliphatic carbocycles. The molecule has 0 radical (unpaired) electrons. The summed E-state index contributed by atoms with van der Waals surface area (Å²) in [7, 11) is -4.27. The van der Waals surface area contributed by atoms with Gasteiger partial charge in [0.25, 0.3) is 5.91 Å². The highest BCUT2D eigenvalue weighted by Crippen LogP contribution is 2.34. The molecule has 1 aliphatic heterocycles. The number of alkyl halides is 3. The van der Waals surface area contributed by atoms with Crippen LogP contribution in [0.15, 0.2) is 47.4 Å². The Morgan fingerprint density at radius 3 is 2.17 bits per heavy atom. The molecule has 0 aromatic heterocycles. The van der Waals surface area contributed by atoms with E-state index in [0.717, 1.165) is 16.4 Å². The van der Waals surface area contributed by atoms with E-state index in [9.17, 15) is 26.4 Å². The van der Waals surface area contributed by atoms with Crippen LogP contribution in [-0.2, 0) is 16.2 Å². The minimum absolute atomic E-state index is 0.0641. The maximum atomic E-state index is 13.0. The van der Waals surface area contributed by atoms with Crippen LogP contribution in [-0.4, -0.2) is 49.7 Å². The molecule has 0 bridgehead atoms. The van der Waals surface area contributed by atoms with Gasteiger partial charge in [0.2, 0.25) is 10.0 Å². The topological polar surface area (TPSA) is 81.5 Å². The molecule has 0 spiro atoms. The van der Waals surface area contributed by atoms with Gasteiger partial charge in [0.05, 0.1) is 22.2 Å². The molecule has 1 saturated heterocycles. The van der Waals surface area contributed by atoms with E-state index in [4.69, 9.17) is 16.9 Å². The minimum atomic E-state index is -4.71. The van der Waals surface area contributed by atoms with E-state index >= 15 is 0 Å². The quantitative estimate of drug-likeness (QED) is 0.707. The first-order valence-corrected chi connectivity index (χ1v) is 10.5. The highest BCUT2D eigenvalue weighted by Gasteiger charge is 2.36. The number of carbonyl (C=O) groups is 1. The lowest BCUT2D eigenvalue weighted by atomic mass is 10.1. The SMILES string of the molecule is N#Cc1ccc(C(=O)N2CCN(S(=O)(=O)c3cc(C(F)(F)F)ccc3Cl)CC2)cc1. The summed E-state index contributed by atoms with van der Waals surface area (Å²) in [4.78, 5) is 13.4. The van der Waals surface area contributed by atoms with E-state index in [1.807, 2.05) is 6.07 Å². The van der Waals surface area contributed by atoms with E-state index in [-0.39, 0.29) is 37.1 Å². The number of carbonyl (C=O) groups excluding carboxylic acids is 1. The number of rotatable bonds is 3.